The van der Waals surface area contributed by atoms with Gasteiger partial charge in [-0.15, -0.1) is 0 Å². The van der Waals surface area contributed by atoms with Crippen LogP contribution in [-0.2, 0) is 38.1 Å². The summed E-state index contributed by atoms with van der Waals surface area (Å²) in [6.07, 6.45) is -1.81. The highest BCUT2D eigenvalue weighted by molar-refractivity contribution is 5.74. The third-order valence-electron chi connectivity index (χ3n) is 4.58. The van der Waals surface area contributed by atoms with E-state index in [1.807, 2.05) is 0 Å². The first-order valence-corrected chi connectivity index (χ1v) is 10.5. The summed E-state index contributed by atoms with van der Waals surface area (Å²) < 4.78 is 38.8. The molecule has 32 heavy (non-hydrogen) atoms. The third kappa shape index (κ3) is 9.77. The van der Waals surface area contributed by atoms with Crippen molar-refractivity contribution in [3.8, 4) is 0 Å². The molecular formula is C20H33FN2O9. The van der Waals surface area contributed by atoms with Crippen LogP contribution < -0.4 is 10.6 Å². The maximum atomic E-state index is 12.4. The minimum absolute atomic E-state index is 0.289. The topological polar surface area (TPSA) is 138 Å². The Morgan fingerprint density at radius 1 is 0.906 bits per heavy atom. The third-order valence-corrected chi connectivity index (χ3v) is 4.58. The normalized spacial score (nSPS) is 24.8. The van der Waals surface area contributed by atoms with Gasteiger partial charge in [0.05, 0.1) is 6.67 Å². The predicted molar refractivity (Wildman–Crippen MR) is 108 cm³/mol. The number of amides is 2. The van der Waals surface area contributed by atoms with Crippen molar-refractivity contribution < 1.29 is 47.3 Å². The molecule has 0 aromatic rings. The number of carbonyl (C=O) groups excluding carboxylic acids is 4. The molecule has 1 rings (SSSR count). The van der Waals surface area contributed by atoms with Crippen molar-refractivity contribution >= 4 is 23.9 Å². The zero-order valence-corrected chi connectivity index (χ0v) is 18.9. The first-order valence-electron chi connectivity index (χ1n) is 10.5. The minimum Gasteiger partial charge on any atom is -0.463 e. The van der Waals surface area contributed by atoms with Gasteiger partial charge >= 0.3 is 23.9 Å². The van der Waals surface area contributed by atoms with Crippen LogP contribution in [0.3, 0.4) is 0 Å². The summed E-state index contributed by atoms with van der Waals surface area (Å²) in [5, 5.41) is 5.29. The van der Waals surface area contributed by atoms with Crippen LogP contribution in [0, 0.1) is 0 Å². The molecule has 0 aromatic carbocycles. The van der Waals surface area contributed by atoms with Crippen molar-refractivity contribution in [2.24, 2.45) is 0 Å². The molecule has 0 aromatic heterocycles. The number of ether oxygens (including phenoxy) is 5. The molecule has 0 saturated carbocycles. The van der Waals surface area contributed by atoms with Crippen LogP contribution in [0.5, 0.6) is 0 Å². The molecule has 12 heteroatoms. The second-order valence-electron chi connectivity index (χ2n) is 7.26. The average Bonchev–Trinajstić information content (AvgIpc) is 2.71. The molecule has 0 bridgehead atoms. The Kier molecular flexibility index (Phi) is 12.5. The molecule has 1 fully saturated rings. The Hall–Kier alpha value is -2.47. The van der Waals surface area contributed by atoms with Crippen molar-refractivity contribution in [3.05, 3.63) is 0 Å². The van der Waals surface area contributed by atoms with E-state index >= 15 is 0 Å². The van der Waals surface area contributed by atoms with E-state index in [1.54, 1.807) is 0 Å². The lowest BCUT2D eigenvalue weighted by molar-refractivity contribution is -0.270. The number of urea groups is 1. The summed E-state index contributed by atoms with van der Waals surface area (Å²) in [6, 6.07) is -1.61. The van der Waals surface area contributed by atoms with E-state index in [9.17, 15) is 23.6 Å². The molecule has 0 spiro atoms. The number of rotatable bonds is 12. The number of methoxy groups -OCH3 is 1. The van der Waals surface area contributed by atoms with E-state index in [2.05, 4.69) is 10.6 Å². The summed E-state index contributed by atoms with van der Waals surface area (Å²) in [5.74, 6) is -1.95. The molecule has 0 unspecified atom stereocenters. The molecular weight excluding hydrogens is 430 g/mol. The number of alkyl halides is 1. The molecule has 1 aliphatic rings. The van der Waals surface area contributed by atoms with Gasteiger partial charge in [0.25, 0.3) is 0 Å². The molecule has 2 N–H and O–H groups in total. The highest BCUT2D eigenvalue weighted by Gasteiger charge is 2.51. The number of halogens is 1. The lowest BCUT2D eigenvalue weighted by Gasteiger charge is -2.44. The van der Waals surface area contributed by atoms with Gasteiger partial charge in [0.15, 0.2) is 18.5 Å². The van der Waals surface area contributed by atoms with Gasteiger partial charge in [-0.2, -0.15) is 0 Å². The smallest absolute Gasteiger partial charge is 0.315 e. The number of carbonyl (C=O) groups is 4. The van der Waals surface area contributed by atoms with Crippen molar-refractivity contribution in [1.29, 1.82) is 0 Å². The second kappa shape index (κ2) is 14.6. The fourth-order valence-corrected chi connectivity index (χ4v) is 3.24. The molecule has 1 saturated heterocycles. The maximum Gasteiger partial charge on any atom is 0.315 e. The van der Waals surface area contributed by atoms with Gasteiger partial charge in [0.1, 0.15) is 18.8 Å². The summed E-state index contributed by atoms with van der Waals surface area (Å²) >= 11 is 0. The minimum atomic E-state index is -1.18. The number of unbranched alkanes of at least 4 members (excludes halogenated alkanes) is 3. The quantitative estimate of drug-likeness (QED) is 0.246. The summed E-state index contributed by atoms with van der Waals surface area (Å²) in [4.78, 5) is 47.1. The monoisotopic (exact) mass is 463 g/mol. The second-order valence-corrected chi connectivity index (χ2v) is 7.26. The van der Waals surface area contributed by atoms with E-state index in [-0.39, 0.29) is 13.3 Å². The van der Waals surface area contributed by atoms with Gasteiger partial charge in [-0.05, 0) is 12.8 Å². The first-order chi connectivity index (χ1) is 15.2. The summed E-state index contributed by atoms with van der Waals surface area (Å²) in [6.45, 7) is 3.22. The van der Waals surface area contributed by atoms with E-state index in [0.29, 0.717) is 19.4 Å². The van der Waals surface area contributed by atoms with Crippen molar-refractivity contribution in [1.82, 2.24) is 10.6 Å². The molecule has 1 aliphatic heterocycles. The average molecular weight is 463 g/mol. The molecule has 0 aliphatic carbocycles. The molecule has 184 valence electrons. The van der Waals surface area contributed by atoms with Crippen molar-refractivity contribution in [3.63, 3.8) is 0 Å². The zero-order chi connectivity index (χ0) is 24.1. The van der Waals surface area contributed by atoms with Crippen LogP contribution in [0.1, 0.15) is 46.5 Å². The SMILES string of the molecule is CO[C@@H]1O[C@H](COC(C)=O)[C@@H](OC(C)=O)[C@H](OC(C)=O)[C@H]1NC(=O)NCCCCCC[18F]. The van der Waals surface area contributed by atoms with Crippen LogP contribution in [0.15, 0.2) is 0 Å². The van der Waals surface area contributed by atoms with Gasteiger partial charge in [0, 0.05) is 34.4 Å². The van der Waals surface area contributed by atoms with Crippen LogP contribution in [0.25, 0.3) is 0 Å². The lowest BCUT2D eigenvalue weighted by Crippen LogP contribution is -2.67. The Morgan fingerprint density at radius 3 is 2.09 bits per heavy atom. The number of nitrogens with one attached hydrogen (secondary N) is 2. The summed E-state index contributed by atoms with van der Waals surface area (Å²) in [7, 11) is 1.32. The van der Waals surface area contributed by atoms with Gasteiger partial charge in [-0.3, -0.25) is 18.8 Å². The van der Waals surface area contributed by atoms with Gasteiger partial charge < -0.3 is 34.3 Å². The van der Waals surface area contributed by atoms with Crippen LogP contribution in [0.4, 0.5) is 9.18 Å². The van der Waals surface area contributed by atoms with E-state index < -0.39 is 54.6 Å². The first kappa shape index (κ1) is 27.6. The number of esters is 3. The Bertz CT molecular complexity index is 634. The van der Waals surface area contributed by atoms with Crippen molar-refractivity contribution in [2.75, 3.05) is 26.9 Å². The van der Waals surface area contributed by atoms with Crippen LogP contribution in [0.2, 0.25) is 0 Å². The fraction of sp³-hybridized carbons (Fsp3) is 0.800. The fourth-order valence-electron chi connectivity index (χ4n) is 3.24. The molecule has 11 nitrogen and oxygen atoms in total. The molecule has 1 heterocycles. The highest BCUT2D eigenvalue weighted by atomic mass is 18.2. The van der Waals surface area contributed by atoms with Crippen molar-refractivity contribution in [2.45, 2.75) is 77.1 Å². The molecule has 5 atom stereocenters. The Labute approximate surface area is 186 Å². The number of hydrogen-bond acceptors (Lipinski definition) is 9. The Balaban J connectivity index is 2.94. The van der Waals surface area contributed by atoms with E-state index in [1.165, 1.54) is 14.0 Å². The maximum absolute atomic E-state index is 12.4. The summed E-state index contributed by atoms with van der Waals surface area (Å²) in [5.41, 5.74) is 0. The van der Waals surface area contributed by atoms with Gasteiger partial charge in [-0.25, -0.2) is 4.79 Å². The highest BCUT2D eigenvalue weighted by Crippen LogP contribution is 2.27. The predicted octanol–water partition coefficient (Wildman–Crippen LogP) is 0.982. The van der Waals surface area contributed by atoms with Gasteiger partial charge in [0.2, 0.25) is 0 Å². The standard InChI is InChI=1S/C20H33FN2O9/c1-12(24)29-11-15-17(30-13(2)25)18(31-14(3)26)16(19(28-4)32-15)23-20(27)22-10-8-6-5-7-9-21/h15-19H,5-11H2,1-4H3,(H2,22,23,27)/t15-,16-,17-,18-,19-/m1/s1/i21-1. The number of hydrogen-bond donors (Lipinski definition) is 2. The Morgan fingerprint density at radius 2 is 1.53 bits per heavy atom. The van der Waals surface area contributed by atoms with Crippen LogP contribution >= 0.6 is 0 Å². The lowest BCUT2D eigenvalue weighted by atomic mass is 9.96. The van der Waals surface area contributed by atoms with Crippen LogP contribution in [-0.4, -0.2) is 81.5 Å². The van der Waals surface area contributed by atoms with E-state index in [4.69, 9.17) is 23.7 Å². The molecule has 2 amide bonds. The largest absolute Gasteiger partial charge is 0.463 e. The molecule has 0 radical (unpaired) electrons. The zero-order valence-electron chi connectivity index (χ0n) is 18.9. The van der Waals surface area contributed by atoms with E-state index in [0.717, 1.165) is 26.7 Å². The van der Waals surface area contributed by atoms with Gasteiger partial charge in [-0.1, -0.05) is 12.8 Å².